The zero-order valence-corrected chi connectivity index (χ0v) is 14.0. The molecule has 0 saturated heterocycles. The minimum absolute atomic E-state index is 0.154. The molecule has 0 amide bonds. The molecule has 0 unspecified atom stereocenters. The molecule has 1 heterocycles. The van der Waals surface area contributed by atoms with Crippen molar-refractivity contribution in [2.75, 3.05) is 0 Å². The molecule has 0 fully saturated rings. The van der Waals surface area contributed by atoms with Crippen LogP contribution >= 0.6 is 0 Å². The maximum Gasteiger partial charge on any atom is 0.362 e. The van der Waals surface area contributed by atoms with Gasteiger partial charge in [0.15, 0.2) is 0 Å². The smallest absolute Gasteiger partial charge is 0.362 e. The first-order valence-electron chi connectivity index (χ1n) is 8.13. The zero-order chi connectivity index (χ0) is 18.5. The number of H-pyrrole nitrogens is 1. The van der Waals surface area contributed by atoms with Crippen LogP contribution in [-0.2, 0) is 17.6 Å². The summed E-state index contributed by atoms with van der Waals surface area (Å²) >= 11 is 0. The van der Waals surface area contributed by atoms with Crippen LogP contribution < -0.4 is 16.3 Å². The Morgan fingerprint density at radius 1 is 1.08 bits per heavy atom. The predicted octanol–water partition coefficient (Wildman–Crippen LogP) is 0.998. The number of benzene rings is 2. The molecule has 0 bridgehead atoms. The lowest BCUT2D eigenvalue weighted by Crippen LogP contribution is -2.42. The molecule has 0 aliphatic heterocycles. The van der Waals surface area contributed by atoms with Gasteiger partial charge in [0.2, 0.25) is 5.88 Å². The van der Waals surface area contributed by atoms with E-state index in [4.69, 9.17) is 10.6 Å². The van der Waals surface area contributed by atoms with Gasteiger partial charge in [-0.1, -0.05) is 60.7 Å². The second-order valence-corrected chi connectivity index (χ2v) is 5.89. The second-order valence-electron chi connectivity index (χ2n) is 5.89. The summed E-state index contributed by atoms with van der Waals surface area (Å²) in [5, 5.41) is 9.96. The molecule has 2 aromatic carbocycles. The number of carbonyl (C=O) groups is 1. The Labute approximate surface area is 149 Å². The van der Waals surface area contributed by atoms with E-state index < -0.39 is 17.7 Å². The van der Waals surface area contributed by atoms with E-state index in [-0.39, 0.29) is 24.4 Å². The van der Waals surface area contributed by atoms with Crippen molar-refractivity contribution in [3.63, 3.8) is 0 Å². The average Bonchev–Trinajstić information content (AvgIpc) is 2.90. The van der Waals surface area contributed by atoms with E-state index in [1.165, 1.54) is 0 Å². The van der Waals surface area contributed by atoms with Crippen LogP contribution in [0.2, 0.25) is 0 Å². The Balaban J connectivity index is 1.76. The van der Waals surface area contributed by atoms with Gasteiger partial charge < -0.3 is 15.7 Å². The SMILES string of the molecule is N[C@@H](Cc1ccccc1)C(=O)On1c(Cc2ccccc2)c(O)[nH]c1=O. The third-order valence-corrected chi connectivity index (χ3v) is 3.93. The van der Waals surface area contributed by atoms with E-state index in [1.54, 1.807) is 0 Å². The minimum atomic E-state index is -0.939. The summed E-state index contributed by atoms with van der Waals surface area (Å²) in [6.45, 7) is 0. The highest BCUT2D eigenvalue weighted by atomic mass is 16.7. The highest BCUT2D eigenvalue weighted by Gasteiger charge is 2.22. The molecule has 0 aliphatic carbocycles. The lowest BCUT2D eigenvalue weighted by molar-refractivity contribution is -0.146. The van der Waals surface area contributed by atoms with Crippen molar-refractivity contribution < 1.29 is 14.7 Å². The van der Waals surface area contributed by atoms with Gasteiger partial charge in [-0.15, -0.1) is 4.73 Å². The molecule has 3 aromatic rings. The minimum Gasteiger partial charge on any atom is -0.493 e. The van der Waals surface area contributed by atoms with Crippen LogP contribution in [0.15, 0.2) is 65.5 Å². The first-order valence-corrected chi connectivity index (χ1v) is 8.13. The van der Waals surface area contributed by atoms with E-state index >= 15 is 0 Å². The number of rotatable bonds is 6. The van der Waals surface area contributed by atoms with E-state index in [0.29, 0.717) is 0 Å². The van der Waals surface area contributed by atoms with Crippen molar-refractivity contribution in [1.29, 1.82) is 0 Å². The third-order valence-electron chi connectivity index (χ3n) is 3.93. The number of aromatic nitrogens is 2. The van der Waals surface area contributed by atoms with Crippen molar-refractivity contribution in [1.82, 2.24) is 9.71 Å². The molecule has 0 radical (unpaired) electrons. The van der Waals surface area contributed by atoms with Gasteiger partial charge in [-0.25, -0.2) is 9.59 Å². The number of aromatic amines is 1. The molecule has 0 aliphatic rings. The van der Waals surface area contributed by atoms with E-state index in [0.717, 1.165) is 15.9 Å². The molecule has 1 atom stereocenters. The topological polar surface area (TPSA) is 110 Å². The number of nitrogens with one attached hydrogen (secondary N) is 1. The number of carbonyl (C=O) groups excluding carboxylic acids is 1. The van der Waals surface area contributed by atoms with Crippen LogP contribution in [-0.4, -0.2) is 26.8 Å². The fourth-order valence-corrected chi connectivity index (χ4v) is 2.59. The summed E-state index contributed by atoms with van der Waals surface area (Å²) in [5.41, 5.74) is 7.03. The second kappa shape index (κ2) is 7.71. The molecule has 3 rings (SSSR count). The van der Waals surface area contributed by atoms with Gasteiger partial charge >= 0.3 is 11.7 Å². The van der Waals surface area contributed by atoms with Crippen LogP contribution in [0.3, 0.4) is 0 Å². The fourth-order valence-electron chi connectivity index (χ4n) is 2.59. The molecule has 7 heteroatoms. The Hall–Kier alpha value is -3.32. The van der Waals surface area contributed by atoms with Crippen LogP contribution in [0, 0.1) is 0 Å². The number of imidazole rings is 1. The summed E-state index contributed by atoms with van der Waals surface area (Å²) in [7, 11) is 0. The summed E-state index contributed by atoms with van der Waals surface area (Å²) in [4.78, 5) is 31.7. The molecule has 1 aromatic heterocycles. The Bertz CT molecular complexity index is 932. The zero-order valence-electron chi connectivity index (χ0n) is 14.0. The molecule has 0 saturated carbocycles. The maximum atomic E-state index is 12.3. The van der Waals surface area contributed by atoms with Crippen molar-refractivity contribution in [3.05, 3.63) is 88.0 Å². The molecule has 4 N–H and O–H groups in total. The van der Waals surface area contributed by atoms with Gasteiger partial charge in [0, 0.05) is 6.42 Å². The van der Waals surface area contributed by atoms with Crippen molar-refractivity contribution >= 4 is 5.97 Å². The van der Waals surface area contributed by atoms with Crippen molar-refractivity contribution in [2.24, 2.45) is 5.73 Å². The molecule has 26 heavy (non-hydrogen) atoms. The normalized spacial score (nSPS) is 11.9. The summed E-state index contributed by atoms with van der Waals surface area (Å²) in [6.07, 6.45) is 0.492. The fraction of sp³-hybridized carbons (Fsp3) is 0.158. The number of nitrogens with zero attached hydrogens (tertiary/aromatic N) is 1. The molecule has 0 spiro atoms. The molecule has 134 valence electrons. The van der Waals surface area contributed by atoms with Crippen LogP contribution in [0.4, 0.5) is 0 Å². The quantitative estimate of drug-likeness (QED) is 0.612. The Morgan fingerprint density at radius 2 is 1.65 bits per heavy atom. The summed E-state index contributed by atoms with van der Waals surface area (Å²) in [5.74, 6) is -1.10. The van der Waals surface area contributed by atoms with E-state index in [1.807, 2.05) is 60.7 Å². The highest BCUT2D eigenvalue weighted by molar-refractivity contribution is 5.76. The van der Waals surface area contributed by atoms with E-state index in [2.05, 4.69) is 4.98 Å². The third kappa shape index (κ3) is 4.01. The molecular weight excluding hydrogens is 334 g/mol. The van der Waals surface area contributed by atoms with Crippen molar-refractivity contribution in [2.45, 2.75) is 18.9 Å². The van der Waals surface area contributed by atoms with Gasteiger partial charge in [-0.3, -0.25) is 4.98 Å². The van der Waals surface area contributed by atoms with Crippen molar-refractivity contribution in [3.8, 4) is 5.88 Å². The van der Waals surface area contributed by atoms with Crippen LogP contribution in [0.5, 0.6) is 5.88 Å². The van der Waals surface area contributed by atoms with Gasteiger partial charge in [0.25, 0.3) is 0 Å². The summed E-state index contributed by atoms with van der Waals surface area (Å²) in [6, 6.07) is 17.5. The van der Waals surface area contributed by atoms with Crippen LogP contribution in [0.25, 0.3) is 0 Å². The first kappa shape index (κ1) is 17.5. The molecule has 7 nitrogen and oxygen atoms in total. The molecular formula is C19H19N3O4. The number of hydrogen-bond donors (Lipinski definition) is 3. The first-order chi connectivity index (χ1) is 12.5. The lowest BCUT2D eigenvalue weighted by Gasteiger charge is -2.12. The number of nitrogens with two attached hydrogens (primary N) is 1. The van der Waals surface area contributed by atoms with Gasteiger partial charge in [0.1, 0.15) is 11.7 Å². The lowest BCUT2D eigenvalue weighted by atomic mass is 10.1. The largest absolute Gasteiger partial charge is 0.493 e. The monoisotopic (exact) mass is 353 g/mol. The summed E-state index contributed by atoms with van der Waals surface area (Å²) < 4.78 is 0.759. The van der Waals surface area contributed by atoms with Gasteiger partial charge in [-0.05, 0) is 17.5 Å². The van der Waals surface area contributed by atoms with Gasteiger partial charge in [-0.2, -0.15) is 0 Å². The van der Waals surface area contributed by atoms with E-state index in [9.17, 15) is 14.7 Å². The highest BCUT2D eigenvalue weighted by Crippen LogP contribution is 2.16. The number of aromatic hydroxyl groups is 1. The maximum absolute atomic E-state index is 12.3. The Morgan fingerprint density at radius 3 is 2.27 bits per heavy atom. The standard InChI is InChI=1S/C19H19N3O4/c20-15(11-13-7-3-1-4-8-13)18(24)26-22-16(17(23)21-19(22)25)12-14-9-5-2-6-10-14/h1-10,15,23H,11-12,20H2,(H,21,25)/t15-/m0/s1. The Kier molecular flexibility index (Phi) is 5.19. The number of hydrogen-bond acceptors (Lipinski definition) is 5. The van der Waals surface area contributed by atoms with Crippen LogP contribution in [0.1, 0.15) is 16.8 Å². The van der Waals surface area contributed by atoms with Gasteiger partial charge in [0.05, 0.1) is 0 Å². The predicted molar refractivity (Wildman–Crippen MR) is 95.7 cm³/mol. The average molecular weight is 353 g/mol.